The molecule has 4 nitrogen and oxygen atoms in total. The summed E-state index contributed by atoms with van der Waals surface area (Å²) in [6.07, 6.45) is 4.29. The Balaban J connectivity index is 2.15. The zero-order valence-electron chi connectivity index (χ0n) is 12.5. The maximum Gasteiger partial charge on any atom is 0.236 e. The summed E-state index contributed by atoms with van der Waals surface area (Å²) in [5.74, 6) is 0. The Morgan fingerprint density at radius 1 is 1.24 bits per heavy atom. The third-order valence-corrected chi connectivity index (χ3v) is 5.33. The lowest BCUT2D eigenvalue weighted by Gasteiger charge is -2.32. The molecule has 0 aliphatic carbocycles. The van der Waals surface area contributed by atoms with Gasteiger partial charge in [0.1, 0.15) is 0 Å². The zero-order chi connectivity index (χ0) is 15.1. The maximum absolute atomic E-state index is 12.6. The first-order valence-electron chi connectivity index (χ1n) is 7.59. The van der Waals surface area contributed by atoms with E-state index < -0.39 is 10.0 Å². The van der Waals surface area contributed by atoms with E-state index in [1.807, 2.05) is 37.3 Å². The van der Waals surface area contributed by atoms with Crippen molar-refractivity contribution in [1.29, 1.82) is 0 Å². The molecule has 1 aliphatic heterocycles. The van der Waals surface area contributed by atoms with E-state index in [9.17, 15) is 8.42 Å². The van der Waals surface area contributed by atoms with E-state index in [1.165, 1.54) is 5.41 Å². The monoisotopic (exact) mass is 308 g/mol. The molecule has 2 rings (SSSR count). The van der Waals surface area contributed by atoms with Crippen LogP contribution >= 0.6 is 0 Å². The van der Waals surface area contributed by atoms with Crippen molar-refractivity contribution in [3.63, 3.8) is 0 Å². The van der Waals surface area contributed by atoms with E-state index in [4.69, 9.17) is 0 Å². The van der Waals surface area contributed by atoms with E-state index in [0.717, 1.165) is 37.9 Å². The van der Waals surface area contributed by atoms with Crippen LogP contribution in [-0.4, -0.2) is 38.4 Å². The minimum Gasteiger partial charge on any atom is -0.317 e. The minimum atomic E-state index is -3.36. The lowest BCUT2D eigenvalue weighted by Crippen LogP contribution is -2.45. The van der Waals surface area contributed by atoms with Gasteiger partial charge in [0.15, 0.2) is 0 Å². The lowest BCUT2D eigenvalue weighted by molar-refractivity contribution is 0.265. The van der Waals surface area contributed by atoms with E-state index in [0.29, 0.717) is 6.54 Å². The fraction of sp³-hybridized carbons (Fsp3) is 0.500. The number of piperidine rings is 1. The molecule has 1 fully saturated rings. The Kier molecular flexibility index (Phi) is 5.96. The van der Waals surface area contributed by atoms with Gasteiger partial charge in [0.05, 0.1) is 0 Å². The molecule has 0 spiro atoms. The number of sulfonamides is 1. The fourth-order valence-electron chi connectivity index (χ4n) is 2.64. The molecule has 0 aromatic heterocycles. The van der Waals surface area contributed by atoms with Crippen molar-refractivity contribution in [2.75, 3.05) is 19.6 Å². The quantitative estimate of drug-likeness (QED) is 0.878. The Morgan fingerprint density at radius 2 is 1.90 bits per heavy atom. The van der Waals surface area contributed by atoms with Gasteiger partial charge in [-0.15, -0.1) is 0 Å². The summed E-state index contributed by atoms with van der Waals surface area (Å²) in [4.78, 5) is 0. The second-order valence-electron chi connectivity index (χ2n) is 5.35. The van der Waals surface area contributed by atoms with Gasteiger partial charge < -0.3 is 5.32 Å². The second-order valence-corrected chi connectivity index (χ2v) is 7.12. The topological polar surface area (TPSA) is 49.4 Å². The third-order valence-electron chi connectivity index (χ3n) is 3.72. The van der Waals surface area contributed by atoms with Crippen LogP contribution in [0.25, 0.3) is 6.08 Å². The SMILES string of the molecule is CCCN(C1CCNCC1)S(=O)(=O)/C=C/c1ccccc1. The summed E-state index contributed by atoms with van der Waals surface area (Å²) in [6.45, 7) is 4.39. The highest BCUT2D eigenvalue weighted by molar-refractivity contribution is 7.92. The first kappa shape index (κ1) is 16.2. The molecule has 0 bridgehead atoms. The number of benzene rings is 1. The van der Waals surface area contributed by atoms with Crippen molar-refractivity contribution in [2.45, 2.75) is 32.2 Å². The van der Waals surface area contributed by atoms with Crippen LogP contribution in [0, 0.1) is 0 Å². The molecule has 1 heterocycles. The predicted molar refractivity (Wildman–Crippen MR) is 87.3 cm³/mol. The highest BCUT2D eigenvalue weighted by Crippen LogP contribution is 2.18. The van der Waals surface area contributed by atoms with Crippen LogP contribution in [-0.2, 0) is 10.0 Å². The van der Waals surface area contributed by atoms with Crippen molar-refractivity contribution in [3.05, 3.63) is 41.3 Å². The number of hydrogen-bond donors (Lipinski definition) is 1. The number of nitrogens with zero attached hydrogens (tertiary/aromatic N) is 1. The molecule has 1 aromatic rings. The van der Waals surface area contributed by atoms with E-state index in [1.54, 1.807) is 10.4 Å². The van der Waals surface area contributed by atoms with E-state index in [2.05, 4.69) is 5.32 Å². The molecule has 5 heteroatoms. The smallest absolute Gasteiger partial charge is 0.236 e. The number of rotatable bonds is 6. The van der Waals surface area contributed by atoms with Gasteiger partial charge in [-0.2, -0.15) is 4.31 Å². The third kappa shape index (κ3) is 4.66. The molecule has 0 saturated carbocycles. The number of nitrogens with one attached hydrogen (secondary N) is 1. The van der Waals surface area contributed by atoms with Crippen LogP contribution in [0.15, 0.2) is 35.7 Å². The van der Waals surface area contributed by atoms with Crippen LogP contribution in [0.4, 0.5) is 0 Å². The number of hydrogen-bond acceptors (Lipinski definition) is 3. The molecule has 0 amide bonds. The summed E-state index contributed by atoms with van der Waals surface area (Å²) in [6, 6.07) is 9.66. The molecule has 1 aromatic carbocycles. The summed E-state index contributed by atoms with van der Waals surface area (Å²) < 4.78 is 26.9. The van der Waals surface area contributed by atoms with Crippen LogP contribution in [0.3, 0.4) is 0 Å². The Labute approximate surface area is 127 Å². The summed E-state index contributed by atoms with van der Waals surface area (Å²) in [5, 5.41) is 4.63. The standard InChI is InChI=1S/C16H24N2O2S/c1-2-13-18(16-8-11-17-12-9-16)21(19,20)14-10-15-6-4-3-5-7-15/h3-7,10,14,16-17H,2,8-9,11-13H2,1H3/b14-10+. The normalized spacial score (nSPS) is 17.6. The van der Waals surface area contributed by atoms with Crippen molar-refractivity contribution in [1.82, 2.24) is 9.62 Å². The first-order chi connectivity index (χ1) is 10.1. The average molecular weight is 308 g/mol. The summed E-state index contributed by atoms with van der Waals surface area (Å²) >= 11 is 0. The van der Waals surface area contributed by atoms with Gasteiger partial charge in [-0.1, -0.05) is 37.3 Å². The van der Waals surface area contributed by atoms with Gasteiger partial charge >= 0.3 is 0 Å². The van der Waals surface area contributed by atoms with Crippen molar-refractivity contribution >= 4 is 16.1 Å². The summed E-state index contributed by atoms with van der Waals surface area (Å²) in [5.41, 5.74) is 0.905. The molecule has 0 atom stereocenters. The lowest BCUT2D eigenvalue weighted by atomic mass is 10.1. The molecule has 116 valence electrons. The zero-order valence-corrected chi connectivity index (χ0v) is 13.3. The van der Waals surface area contributed by atoms with Gasteiger partial charge in [0, 0.05) is 18.0 Å². The molecule has 0 unspecified atom stereocenters. The molecule has 1 N–H and O–H groups in total. The Morgan fingerprint density at radius 3 is 2.52 bits per heavy atom. The van der Waals surface area contributed by atoms with Gasteiger partial charge in [0.25, 0.3) is 0 Å². The molecule has 21 heavy (non-hydrogen) atoms. The Bertz CT molecular complexity index is 549. The van der Waals surface area contributed by atoms with Crippen LogP contribution in [0.1, 0.15) is 31.7 Å². The molecular weight excluding hydrogens is 284 g/mol. The molecule has 0 radical (unpaired) electrons. The largest absolute Gasteiger partial charge is 0.317 e. The van der Waals surface area contributed by atoms with Crippen LogP contribution in [0.5, 0.6) is 0 Å². The highest BCUT2D eigenvalue weighted by Gasteiger charge is 2.28. The van der Waals surface area contributed by atoms with Crippen molar-refractivity contribution in [2.24, 2.45) is 0 Å². The molecule has 1 saturated heterocycles. The first-order valence-corrected chi connectivity index (χ1v) is 9.09. The van der Waals surface area contributed by atoms with Gasteiger partial charge in [-0.25, -0.2) is 8.42 Å². The average Bonchev–Trinajstić information content (AvgIpc) is 2.52. The van der Waals surface area contributed by atoms with E-state index >= 15 is 0 Å². The Hall–Kier alpha value is -1.17. The van der Waals surface area contributed by atoms with Gasteiger partial charge in [-0.05, 0) is 44.0 Å². The van der Waals surface area contributed by atoms with Gasteiger partial charge in [-0.3, -0.25) is 0 Å². The van der Waals surface area contributed by atoms with Crippen LogP contribution in [0.2, 0.25) is 0 Å². The minimum absolute atomic E-state index is 0.122. The summed E-state index contributed by atoms with van der Waals surface area (Å²) in [7, 11) is -3.36. The van der Waals surface area contributed by atoms with E-state index in [-0.39, 0.29) is 6.04 Å². The molecule has 1 aliphatic rings. The highest BCUT2D eigenvalue weighted by atomic mass is 32.2. The van der Waals surface area contributed by atoms with Crippen molar-refractivity contribution < 1.29 is 8.42 Å². The van der Waals surface area contributed by atoms with Crippen LogP contribution < -0.4 is 5.32 Å². The van der Waals surface area contributed by atoms with Crippen molar-refractivity contribution in [3.8, 4) is 0 Å². The predicted octanol–water partition coefficient (Wildman–Crippen LogP) is 2.45. The molecular formula is C16H24N2O2S. The second kappa shape index (κ2) is 7.73. The van der Waals surface area contributed by atoms with Gasteiger partial charge in [0.2, 0.25) is 10.0 Å². The maximum atomic E-state index is 12.6. The fourth-order valence-corrected chi connectivity index (χ4v) is 4.19.